The summed E-state index contributed by atoms with van der Waals surface area (Å²) in [4.78, 5) is 19.1. The van der Waals surface area contributed by atoms with Gasteiger partial charge < -0.3 is 9.42 Å². The molecule has 5 nitrogen and oxygen atoms in total. The van der Waals surface area contributed by atoms with Crippen molar-refractivity contribution in [2.75, 3.05) is 13.1 Å². The third-order valence-electron chi connectivity index (χ3n) is 4.94. The Bertz CT molecular complexity index is 944. The van der Waals surface area contributed by atoms with Gasteiger partial charge in [-0.15, -0.1) is 0 Å². The average molecular weight is 382 g/mol. The van der Waals surface area contributed by atoms with Crippen molar-refractivity contribution in [1.29, 1.82) is 0 Å². The van der Waals surface area contributed by atoms with E-state index in [2.05, 4.69) is 10.1 Å². The molecule has 4 rings (SSSR count). The molecule has 0 bridgehead atoms. The predicted octanol–water partition coefficient (Wildman–Crippen LogP) is 4.72. The maximum absolute atomic E-state index is 12.6. The Balaban J connectivity index is 1.41. The SMILES string of the molecule is Cc1cccc(-c2noc(C3CCN(C(=O)c4ccc(Cl)cc4)CC3)n2)c1. The number of halogens is 1. The molecule has 1 saturated heterocycles. The molecule has 3 aromatic rings. The summed E-state index contributed by atoms with van der Waals surface area (Å²) in [6, 6.07) is 15.1. The topological polar surface area (TPSA) is 59.2 Å². The number of aromatic nitrogens is 2. The van der Waals surface area contributed by atoms with Crippen LogP contribution in [0.1, 0.15) is 40.6 Å². The summed E-state index contributed by atoms with van der Waals surface area (Å²) in [7, 11) is 0. The number of carbonyl (C=O) groups excluding carboxylic acids is 1. The normalized spacial score (nSPS) is 15.1. The molecule has 0 aliphatic carbocycles. The van der Waals surface area contributed by atoms with Crippen molar-refractivity contribution in [2.24, 2.45) is 0 Å². The molecular weight excluding hydrogens is 362 g/mol. The van der Waals surface area contributed by atoms with Crippen molar-refractivity contribution in [2.45, 2.75) is 25.7 Å². The number of nitrogens with zero attached hydrogens (tertiary/aromatic N) is 3. The predicted molar refractivity (Wildman–Crippen MR) is 104 cm³/mol. The molecule has 1 aliphatic heterocycles. The first kappa shape index (κ1) is 17.7. The fourth-order valence-electron chi connectivity index (χ4n) is 3.41. The minimum atomic E-state index is 0.0381. The zero-order valence-corrected chi connectivity index (χ0v) is 15.8. The van der Waals surface area contributed by atoms with Gasteiger partial charge in [-0.2, -0.15) is 4.98 Å². The summed E-state index contributed by atoms with van der Waals surface area (Å²) < 4.78 is 5.51. The third kappa shape index (κ3) is 3.88. The van der Waals surface area contributed by atoms with E-state index in [1.54, 1.807) is 24.3 Å². The highest BCUT2D eigenvalue weighted by Crippen LogP contribution is 2.29. The highest BCUT2D eigenvalue weighted by atomic mass is 35.5. The summed E-state index contributed by atoms with van der Waals surface area (Å²) in [6.45, 7) is 3.39. The number of carbonyl (C=O) groups is 1. The zero-order chi connectivity index (χ0) is 18.8. The van der Waals surface area contributed by atoms with Crippen molar-refractivity contribution >= 4 is 17.5 Å². The van der Waals surface area contributed by atoms with E-state index < -0.39 is 0 Å². The molecule has 27 heavy (non-hydrogen) atoms. The fourth-order valence-corrected chi connectivity index (χ4v) is 3.53. The third-order valence-corrected chi connectivity index (χ3v) is 5.19. The van der Waals surface area contributed by atoms with Crippen LogP contribution in [0.25, 0.3) is 11.4 Å². The summed E-state index contributed by atoms with van der Waals surface area (Å²) in [6.07, 6.45) is 1.63. The first-order valence-electron chi connectivity index (χ1n) is 9.05. The van der Waals surface area contributed by atoms with Crippen LogP contribution in [0.15, 0.2) is 53.1 Å². The minimum Gasteiger partial charge on any atom is -0.339 e. The Morgan fingerprint density at radius 1 is 1.15 bits per heavy atom. The van der Waals surface area contributed by atoms with Gasteiger partial charge in [0.2, 0.25) is 11.7 Å². The number of aryl methyl sites for hydroxylation is 1. The van der Waals surface area contributed by atoms with E-state index in [0.29, 0.717) is 35.4 Å². The van der Waals surface area contributed by atoms with Crippen LogP contribution in [0.2, 0.25) is 5.02 Å². The summed E-state index contributed by atoms with van der Waals surface area (Å²) in [5.74, 6) is 1.50. The van der Waals surface area contributed by atoms with Gasteiger partial charge in [0, 0.05) is 35.2 Å². The lowest BCUT2D eigenvalue weighted by atomic mass is 9.96. The van der Waals surface area contributed by atoms with Gasteiger partial charge in [-0.1, -0.05) is 40.5 Å². The Labute approximate surface area is 163 Å². The van der Waals surface area contributed by atoms with E-state index in [1.165, 1.54) is 0 Å². The van der Waals surface area contributed by atoms with E-state index in [9.17, 15) is 4.79 Å². The Kier molecular flexibility index (Phi) is 4.94. The second-order valence-corrected chi connectivity index (χ2v) is 7.34. The number of rotatable bonds is 3. The largest absolute Gasteiger partial charge is 0.339 e. The van der Waals surface area contributed by atoms with Crippen LogP contribution in [0.4, 0.5) is 0 Å². The van der Waals surface area contributed by atoms with Crippen LogP contribution in [0.5, 0.6) is 0 Å². The number of hydrogen-bond donors (Lipinski definition) is 0. The molecule has 0 atom stereocenters. The van der Waals surface area contributed by atoms with E-state index in [0.717, 1.165) is 24.0 Å². The molecule has 138 valence electrons. The van der Waals surface area contributed by atoms with Crippen LogP contribution < -0.4 is 0 Å². The number of amides is 1. The maximum Gasteiger partial charge on any atom is 0.253 e. The lowest BCUT2D eigenvalue weighted by Crippen LogP contribution is -2.37. The van der Waals surface area contributed by atoms with E-state index >= 15 is 0 Å². The van der Waals surface area contributed by atoms with Gasteiger partial charge in [0.1, 0.15) is 0 Å². The average Bonchev–Trinajstić information content (AvgIpc) is 3.18. The lowest BCUT2D eigenvalue weighted by Gasteiger charge is -2.30. The molecule has 0 saturated carbocycles. The zero-order valence-electron chi connectivity index (χ0n) is 15.1. The van der Waals surface area contributed by atoms with Crippen LogP contribution in [-0.2, 0) is 0 Å². The molecule has 0 N–H and O–H groups in total. The van der Waals surface area contributed by atoms with Gasteiger partial charge in [-0.3, -0.25) is 4.79 Å². The number of hydrogen-bond acceptors (Lipinski definition) is 4. The van der Waals surface area contributed by atoms with Crippen molar-refractivity contribution in [3.05, 3.63) is 70.6 Å². The number of likely N-dealkylation sites (tertiary alicyclic amines) is 1. The second-order valence-electron chi connectivity index (χ2n) is 6.90. The van der Waals surface area contributed by atoms with Crippen LogP contribution in [0, 0.1) is 6.92 Å². The van der Waals surface area contributed by atoms with E-state index in [-0.39, 0.29) is 11.8 Å². The first-order chi connectivity index (χ1) is 13.1. The van der Waals surface area contributed by atoms with Crippen molar-refractivity contribution in [3.63, 3.8) is 0 Å². The molecule has 6 heteroatoms. The molecular formula is C21H20ClN3O2. The van der Waals surface area contributed by atoms with Crippen molar-refractivity contribution < 1.29 is 9.32 Å². The van der Waals surface area contributed by atoms with Crippen LogP contribution in [-0.4, -0.2) is 34.0 Å². The van der Waals surface area contributed by atoms with Crippen molar-refractivity contribution in [3.8, 4) is 11.4 Å². The molecule has 1 amide bonds. The molecule has 1 fully saturated rings. The highest BCUT2D eigenvalue weighted by molar-refractivity contribution is 6.30. The summed E-state index contributed by atoms with van der Waals surface area (Å²) >= 11 is 5.90. The highest BCUT2D eigenvalue weighted by Gasteiger charge is 2.28. The number of benzene rings is 2. The number of piperidine rings is 1. The monoisotopic (exact) mass is 381 g/mol. The van der Waals surface area contributed by atoms with E-state index in [1.807, 2.05) is 36.1 Å². The molecule has 2 aromatic carbocycles. The van der Waals surface area contributed by atoms with Crippen molar-refractivity contribution in [1.82, 2.24) is 15.0 Å². The Morgan fingerprint density at radius 3 is 2.59 bits per heavy atom. The van der Waals surface area contributed by atoms with E-state index in [4.69, 9.17) is 16.1 Å². The smallest absolute Gasteiger partial charge is 0.253 e. The minimum absolute atomic E-state index is 0.0381. The molecule has 0 radical (unpaired) electrons. The standard InChI is InChI=1S/C21H20ClN3O2/c1-14-3-2-4-17(13-14)19-23-20(27-24-19)15-9-11-25(12-10-15)21(26)16-5-7-18(22)8-6-16/h2-8,13,15H,9-12H2,1H3. The van der Waals surface area contributed by atoms with Gasteiger partial charge in [0.05, 0.1) is 0 Å². The quantitative estimate of drug-likeness (QED) is 0.658. The molecule has 1 aliphatic rings. The maximum atomic E-state index is 12.6. The van der Waals surface area contributed by atoms with Gasteiger partial charge >= 0.3 is 0 Å². The first-order valence-corrected chi connectivity index (χ1v) is 9.43. The Morgan fingerprint density at radius 2 is 1.89 bits per heavy atom. The Hall–Kier alpha value is -2.66. The summed E-state index contributed by atoms with van der Waals surface area (Å²) in [5.41, 5.74) is 2.78. The molecule has 2 heterocycles. The summed E-state index contributed by atoms with van der Waals surface area (Å²) in [5, 5.41) is 4.76. The van der Waals surface area contributed by atoms with Crippen LogP contribution in [0.3, 0.4) is 0 Å². The van der Waals surface area contributed by atoms with Gasteiger partial charge in [0.15, 0.2) is 0 Å². The van der Waals surface area contributed by atoms with Crippen LogP contribution >= 0.6 is 11.6 Å². The second kappa shape index (κ2) is 7.53. The van der Waals surface area contributed by atoms with Gasteiger partial charge in [0.25, 0.3) is 5.91 Å². The fraction of sp³-hybridized carbons (Fsp3) is 0.286. The molecule has 0 spiro atoms. The lowest BCUT2D eigenvalue weighted by molar-refractivity contribution is 0.0704. The van der Waals surface area contributed by atoms with Gasteiger partial charge in [-0.05, 0) is 50.1 Å². The molecule has 1 aromatic heterocycles. The molecule has 0 unspecified atom stereocenters. The van der Waals surface area contributed by atoms with Gasteiger partial charge in [-0.25, -0.2) is 0 Å².